The van der Waals surface area contributed by atoms with Crippen molar-refractivity contribution in [2.24, 2.45) is 0 Å². The average molecular weight is 316 g/mol. The van der Waals surface area contributed by atoms with Crippen molar-refractivity contribution in [3.8, 4) is 0 Å². The summed E-state index contributed by atoms with van der Waals surface area (Å²) >= 11 is 7.46. The third-order valence-electron chi connectivity index (χ3n) is 2.97. The van der Waals surface area contributed by atoms with Crippen LogP contribution in [0.5, 0.6) is 0 Å². The first-order valence-corrected chi connectivity index (χ1v) is 7.69. The van der Waals surface area contributed by atoms with Crippen LogP contribution in [0.2, 0.25) is 4.34 Å². The summed E-state index contributed by atoms with van der Waals surface area (Å²) in [6.07, 6.45) is 1.38. The van der Waals surface area contributed by atoms with Crippen LogP contribution in [0, 0.1) is 11.6 Å². The molecular weight excluding hydrogens is 300 g/mol. The normalized spacial score (nSPS) is 12.6. The molecule has 2 rings (SSSR count). The molecular formula is C15H16ClF2NS. The zero-order chi connectivity index (χ0) is 14.5. The lowest BCUT2D eigenvalue weighted by Crippen LogP contribution is -2.32. The van der Waals surface area contributed by atoms with Crippen molar-refractivity contribution in [2.45, 2.75) is 25.8 Å². The summed E-state index contributed by atoms with van der Waals surface area (Å²) in [6.45, 7) is 2.82. The Morgan fingerprint density at radius 2 is 1.85 bits per heavy atom. The van der Waals surface area contributed by atoms with E-state index in [0.717, 1.165) is 28.2 Å². The number of likely N-dealkylation sites (N-methyl/N-ethyl adjacent to an activating group) is 1. The number of rotatable bonds is 6. The van der Waals surface area contributed by atoms with Crippen LogP contribution in [0.25, 0.3) is 0 Å². The highest BCUT2D eigenvalue weighted by molar-refractivity contribution is 7.16. The Hall–Kier alpha value is -0.970. The van der Waals surface area contributed by atoms with Crippen LogP contribution in [0.3, 0.4) is 0 Å². The first-order valence-electron chi connectivity index (χ1n) is 6.49. The van der Waals surface area contributed by atoms with Gasteiger partial charge in [0.1, 0.15) is 11.6 Å². The molecule has 108 valence electrons. The van der Waals surface area contributed by atoms with Crippen molar-refractivity contribution in [1.29, 1.82) is 0 Å². The largest absolute Gasteiger partial charge is 0.314 e. The van der Waals surface area contributed by atoms with Gasteiger partial charge in [-0.25, -0.2) is 8.78 Å². The van der Waals surface area contributed by atoms with Crippen LogP contribution in [0.15, 0.2) is 30.3 Å². The van der Waals surface area contributed by atoms with E-state index in [1.54, 1.807) is 0 Å². The molecule has 0 amide bonds. The zero-order valence-corrected chi connectivity index (χ0v) is 12.7. The number of thiophene rings is 1. The van der Waals surface area contributed by atoms with E-state index in [0.29, 0.717) is 12.0 Å². The highest BCUT2D eigenvalue weighted by Crippen LogP contribution is 2.23. The molecule has 20 heavy (non-hydrogen) atoms. The fourth-order valence-electron chi connectivity index (χ4n) is 2.22. The molecule has 2 aromatic rings. The first kappa shape index (κ1) is 15.4. The summed E-state index contributed by atoms with van der Waals surface area (Å²) in [5, 5.41) is 3.35. The van der Waals surface area contributed by atoms with Gasteiger partial charge in [-0.15, -0.1) is 11.3 Å². The minimum absolute atomic E-state index is 0.135. The monoisotopic (exact) mass is 315 g/mol. The molecule has 1 nitrogen and oxygen atoms in total. The Bertz CT molecular complexity index is 551. The van der Waals surface area contributed by atoms with Crippen molar-refractivity contribution in [1.82, 2.24) is 5.32 Å². The number of hydrogen-bond donors (Lipinski definition) is 1. The Morgan fingerprint density at radius 1 is 1.15 bits per heavy atom. The minimum Gasteiger partial charge on any atom is -0.314 e. The highest BCUT2D eigenvalue weighted by atomic mass is 35.5. The number of halogens is 3. The molecule has 0 bridgehead atoms. The van der Waals surface area contributed by atoms with E-state index < -0.39 is 11.6 Å². The fraction of sp³-hybridized carbons (Fsp3) is 0.333. The van der Waals surface area contributed by atoms with Gasteiger partial charge in [0.2, 0.25) is 0 Å². The van der Waals surface area contributed by atoms with Crippen LogP contribution in [-0.4, -0.2) is 12.6 Å². The minimum atomic E-state index is -0.533. The van der Waals surface area contributed by atoms with Gasteiger partial charge < -0.3 is 5.32 Å². The molecule has 5 heteroatoms. The average Bonchev–Trinajstić information content (AvgIpc) is 2.73. The molecule has 0 aliphatic rings. The Balaban J connectivity index is 2.08. The van der Waals surface area contributed by atoms with Crippen LogP contribution in [0.4, 0.5) is 8.78 Å². The van der Waals surface area contributed by atoms with Crippen molar-refractivity contribution in [3.63, 3.8) is 0 Å². The second-order valence-electron chi connectivity index (χ2n) is 4.65. The molecule has 0 spiro atoms. The number of benzene rings is 1. The molecule has 0 saturated heterocycles. The second kappa shape index (κ2) is 7.16. The van der Waals surface area contributed by atoms with Crippen molar-refractivity contribution < 1.29 is 8.78 Å². The van der Waals surface area contributed by atoms with Crippen molar-refractivity contribution >= 4 is 22.9 Å². The molecule has 1 heterocycles. The van der Waals surface area contributed by atoms with Crippen molar-refractivity contribution in [3.05, 3.63) is 56.7 Å². The summed E-state index contributed by atoms with van der Waals surface area (Å²) < 4.78 is 27.2. The topological polar surface area (TPSA) is 12.0 Å². The fourth-order valence-corrected chi connectivity index (χ4v) is 3.39. The van der Waals surface area contributed by atoms with Crippen LogP contribution < -0.4 is 5.32 Å². The predicted octanol–water partition coefficient (Wildman–Crippen LogP) is 4.44. The molecule has 1 N–H and O–H groups in total. The molecule has 1 aromatic carbocycles. The third kappa shape index (κ3) is 4.54. The van der Waals surface area contributed by atoms with E-state index in [1.807, 2.05) is 19.1 Å². The van der Waals surface area contributed by atoms with Gasteiger partial charge in [0.15, 0.2) is 0 Å². The molecule has 1 unspecified atom stereocenters. The van der Waals surface area contributed by atoms with Gasteiger partial charge in [-0.1, -0.05) is 18.5 Å². The van der Waals surface area contributed by atoms with Gasteiger partial charge in [0.05, 0.1) is 4.34 Å². The lowest BCUT2D eigenvalue weighted by atomic mass is 10.0. The highest BCUT2D eigenvalue weighted by Gasteiger charge is 2.12. The maximum absolute atomic E-state index is 13.2. The van der Waals surface area contributed by atoms with Gasteiger partial charge in [-0.2, -0.15) is 0 Å². The van der Waals surface area contributed by atoms with E-state index in [1.165, 1.54) is 23.5 Å². The lowest BCUT2D eigenvalue weighted by Gasteiger charge is -2.17. The second-order valence-corrected chi connectivity index (χ2v) is 6.45. The summed E-state index contributed by atoms with van der Waals surface area (Å²) in [7, 11) is 0. The summed E-state index contributed by atoms with van der Waals surface area (Å²) in [5.74, 6) is -1.07. The van der Waals surface area contributed by atoms with Crippen LogP contribution >= 0.6 is 22.9 Å². The molecule has 0 aliphatic carbocycles. The van der Waals surface area contributed by atoms with E-state index in [-0.39, 0.29) is 6.04 Å². The molecule has 1 atom stereocenters. The van der Waals surface area contributed by atoms with Gasteiger partial charge in [0, 0.05) is 17.0 Å². The van der Waals surface area contributed by atoms with Crippen LogP contribution in [0.1, 0.15) is 17.4 Å². The summed E-state index contributed by atoms with van der Waals surface area (Å²) in [4.78, 5) is 1.16. The maximum Gasteiger partial charge on any atom is 0.126 e. The van der Waals surface area contributed by atoms with E-state index in [4.69, 9.17) is 11.6 Å². The first-order chi connectivity index (χ1) is 9.56. The Labute approximate surface area is 126 Å². The SMILES string of the molecule is CCNC(Cc1cc(F)cc(F)c1)Cc1ccc(Cl)s1. The molecule has 0 fully saturated rings. The van der Waals surface area contributed by atoms with E-state index in [2.05, 4.69) is 5.32 Å². The summed E-state index contributed by atoms with van der Waals surface area (Å²) in [6, 6.07) is 7.65. The van der Waals surface area contributed by atoms with Gasteiger partial charge in [-0.3, -0.25) is 0 Å². The van der Waals surface area contributed by atoms with Crippen molar-refractivity contribution in [2.75, 3.05) is 6.54 Å². The smallest absolute Gasteiger partial charge is 0.126 e. The van der Waals surface area contributed by atoms with E-state index >= 15 is 0 Å². The third-order valence-corrected chi connectivity index (χ3v) is 4.23. The molecule has 1 aromatic heterocycles. The van der Waals surface area contributed by atoms with Gasteiger partial charge in [-0.05, 0) is 49.2 Å². The maximum atomic E-state index is 13.2. The van der Waals surface area contributed by atoms with Gasteiger partial charge >= 0.3 is 0 Å². The number of hydrogen-bond acceptors (Lipinski definition) is 2. The summed E-state index contributed by atoms with van der Waals surface area (Å²) in [5.41, 5.74) is 0.663. The Kier molecular flexibility index (Phi) is 5.52. The predicted molar refractivity (Wildman–Crippen MR) is 80.6 cm³/mol. The van der Waals surface area contributed by atoms with Gasteiger partial charge in [0.25, 0.3) is 0 Å². The molecule has 0 radical (unpaired) electrons. The lowest BCUT2D eigenvalue weighted by molar-refractivity contribution is 0.518. The molecule has 0 saturated carbocycles. The standard InChI is InChI=1S/C15H16ClF2NS/c1-2-19-13(9-14-3-4-15(16)20-14)7-10-5-11(17)8-12(18)6-10/h3-6,8,13,19H,2,7,9H2,1H3. The molecule has 0 aliphatic heterocycles. The van der Waals surface area contributed by atoms with E-state index in [9.17, 15) is 8.78 Å². The van der Waals surface area contributed by atoms with Crippen LogP contribution in [-0.2, 0) is 12.8 Å². The number of nitrogens with one attached hydrogen (secondary N) is 1. The quantitative estimate of drug-likeness (QED) is 0.831. The Morgan fingerprint density at radius 3 is 2.40 bits per heavy atom. The zero-order valence-electron chi connectivity index (χ0n) is 11.1.